The SMILES string of the molecule is C[C@@H]1OC[C@@H](O)[C@H]([C@H](O)[C@@H](O)CN(CCCOc2ccc3cc(OC(=O)NCc4ccccc4)ccc3c2)C[C@H](O)[C@@H](O)[C@@H]2O[C@H](C)OC[C@H]2O)O1. The molecule has 3 aromatic carbocycles. The van der Waals surface area contributed by atoms with Crippen LogP contribution in [-0.2, 0) is 25.5 Å². The van der Waals surface area contributed by atoms with E-state index in [4.69, 9.17) is 28.4 Å². The smallest absolute Gasteiger partial charge is 0.412 e. The van der Waals surface area contributed by atoms with Crippen LogP contribution in [-0.4, -0.2) is 142 Å². The number of nitrogens with one attached hydrogen (secondary N) is 1. The lowest BCUT2D eigenvalue weighted by atomic mass is 10.00. The van der Waals surface area contributed by atoms with E-state index in [1.165, 1.54) is 0 Å². The Labute approximate surface area is 302 Å². The van der Waals surface area contributed by atoms with E-state index in [1.807, 2.05) is 48.5 Å². The molecule has 5 rings (SSSR count). The maximum Gasteiger partial charge on any atom is 0.412 e. The van der Waals surface area contributed by atoms with Crippen molar-refractivity contribution in [2.75, 3.05) is 39.5 Å². The summed E-state index contributed by atoms with van der Waals surface area (Å²) in [4.78, 5) is 13.9. The van der Waals surface area contributed by atoms with Crippen LogP contribution in [0.2, 0.25) is 0 Å². The number of nitrogens with zero attached hydrogens (tertiary/aromatic N) is 1. The van der Waals surface area contributed by atoms with Crippen molar-refractivity contribution in [2.24, 2.45) is 0 Å². The molecule has 7 N–H and O–H groups in total. The highest BCUT2D eigenvalue weighted by Gasteiger charge is 2.40. The number of hydrogen-bond donors (Lipinski definition) is 7. The third-order valence-corrected chi connectivity index (χ3v) is 8.97. The molecule has 286 valence electrons. The largest absolute Gasteiger partial charge is 0.494 e. The first-order valence-electron chi connectivity index (χ1n) is 17.5. The number of benzene rings is 3. The van der Waals surface area contributed by atoms with Gasteiger partial charge in [-0.05, 0) is 60.9 Å². The molecule has 2 heterocycles. The first-order valence-corrected chi connectivity index (χ1v) is 17.5. The highest BCUT2D eigenvalue weighted by atomic mass is 16.7. The molecule has 2 aliphatic heterocycles. The second-order valence-corrected chi connectivity index (χ2v) is 13.1. The second-order valence-electron chi connectivity index (χ2n) is 13.1. The van der Waals surface area contributed by atoms with Crippen LogP contribution in [0.5, 0.6) is 11.5 Å². The van der Waals surface area contributed by atoms with Crippen LogP contribution in [0.4, 0.5) is 4.79 Å². The third-order valence-electron chi connectivity index (χ3n) is 8.97. The predicted molar refractivity (Wildman–Crippen MR) is 186 cm³/mol. The molecule has 2 fully saturated rings. The second kappa shape index (κ2) is 19.0. The molecule has 0 aliphatic carbocycles. The molecule has 0 radical (unpaired) electrons. The van der Waals surface area contributed by atoms with Gasteiger partial charge >= 0.3 is 6.09 Å². The van der Waals surface area contributed by atoms with Crippen LogP contribution < -0.4 is 14.8 Å². The molecule has 1 amide bonds. The van der Waals surface area contributed by atoms with E-state index in [0.29, 0.717) is 24.5 Å². The van der Waals surface area contributed by atoms with Gasteiger partial charge in [-0.2, -0.15) is 0 Å². The van der Waals surface area contributed by atoms with Crippen molar-refractivity contribution in [1.29, 1.82) is 0 Å². The fourth-order valence-corrected chi connectivity index (χ4v) is 6.16. The number of aliphatic hydroxyl groups is 6. The van der Waals surface area contributed by atoms with E-state index in [0.717, 1.165) is 16.3 Å². The van der Waals surface area contributed by atoms with E-state index in [9.17, 15) is 35.4 Å². The van der Waals surface area contributed by atoms with Crippen molar-refractivity contribution >= 4 is 16.9 Å². The zero-order chi connectivity index (χ0) is 37.2. The molecule has 2 saturated heterocycles. The normalized spacial score (nSPS) is 26.0. The molecule has 52 heavy (non-hydrogen) atoms. The number of rotatable bonds is 16. The Balaban J connectivity index is 1.15. The first kappa shape index (κ1) is 39.8. The summed E-state index contributed by atoms with van der Waals surface area (Å²) in [5.41, 5.74) is 0.957. The van der Waals surface area contributed by atoms with Crippen LogP contribution in [0, 0.1) is 0 Å². The van der Waals surface area contributed by atoms with Crippen molar-refractivity contribution in [2.45, 2.75) is 88.2 Å². The number of aliphatic hydroxyl groups excluding tert-OH is 6. The van der Waals surface area contributed by atoms with E-state index in [2.05, 4.69) is 5.32 Å². The van der Waals surface area contributed by atoms with Gasteiger partial charge in [-0.3, -0.25) is 4.90 Å². The molecular formula is C37H50N2O13. The molecule has 15 nitrogen and oxygen atoms in total. The Hall–Kier alpha value is -3.45. The Kier molecular flexibility index (Phi) is 14.6. The summed E-state index contributed by atoms with van der Waals surface area (Å²) < 4.78 is 33.0. The van der Waals surface area contributed by atoms with Crippen LogP contribution in [0.1, 0.15) is 25.8 Å². The first-order chi connectivity index (χ1) is 25.0. The van der Waals surface area contributed by atoms with Crippen LogP contribution in [0.3, 0.4) is 0 Å². The predicted octanol–water partition coefficient (Wildman–Crippen LogP) is 0.888. The average Bonchev–Trinajstić information content (AvgIpc) is 3.14. The summed E-state index contributed by atoms with van der Waals surface area (Å²) in [6, 6.07) is 20.3. The van der Waals surface area contributed by atoms with E-state index >= 15 is 0 Å². The molecule has 2 aliphatic rings. The van der Waals surface area contributed by atoms with Crippen LogP contribution in [0.25, 0.3) is 10.8 Å². The number of ether oxygens (including phenoxy) is 6. The molecule has 0 unspecified atom stereocenters. The summed E-state index contributed by atoms with van der Waals surface area (Å²) in [7, 11) is 0. The maximum atomic E-state index is 12.3. The molecule has 0 aromatic heterocycles. The number of carbonyl (C=O) groups is 1. The Morgan fingerprint density at radius 2 is 1.35 bits per heavy atom. The van der Waals surface area contributed by atoms with Crippen LogP contribution in [0.15, 0.2) is 66.7 Å². The van der Waals surface area contributed by atoms with Gasteiger partial charge in [0.25, 0.3) is 0 Å². The topological polar surface area (TPSA) is 209 Å². The van der Waals surface area contributed by atoms with Gasteiger partial charge in [0.2, 0.25) is 0 Å². The fraction of sp³-hybridized carbons (Fsp3) is 0.541. The van der Waals surface area contributed by atoms with Gasteiger partial charge in [0, 0.05) is 26.2 Å². The van der Waals surface area contributed by atoms with Gasteiger partial charge in [-0.15, -0.1) is 0 Å². The van der Waals surface area contributed by atoms with Crippen LogP contribution >= 0.6 is 0 Å². The maximum absolute atomic E-state index is 12.3. The molecule has 0 saturated carbocycles. The minimum Gasteiger partial charge on any atom is -0.494 e. The molecule has 10 atom stereocenters. The zero-order valence-electron chi connectivity index (χ0n) is 29.3. The summed E-state index contributed by atoms with van der Waals surface area (Å²) in [6.07, 6.45) is -11.8. The Bertz CT molecular complexity index is 1510. The highest BCUT2D eigenvalue weighted by molar-refractivity contribution is 5.86. The number of amides is 1. The van der Waals surface area contributed by atoms with Crippen molar-refractivity contribution in [3.8, 4) is 11.5 Å². The standard InChI is InChI=1S/C37H50N2O13/c1-22-48-20-31(42)35(50-22)33(44)29(40)18-39(19-30(41)34(45)36-32(43)21-49-23(2)51-36)13-6-14-47-27-11-9-26-16-28(12-10-25(26)15-27)52-37(46)38-17-24-7-4-3-5-8-24/h3-5,7-12,15-16,22-23,29-36,40-45H,6,13-14,17-21H2,1-2H3,(H,38,46)/t22-,23-,29+,30+,31-,32-,33-,34-,35-,36-/m1/s1. The Morgan fingerprint density at radius 3 is 1.92 bits per heavy atom. The van der Waals surface area contributed by atoms with Gasteiger partial charge < -0.3 is 64.4 Å². The van der Waals surface area contributed by atoms with Crippen molar-refractivity contribution in [3.63, 3.8) is 0 Å². The van der Waals surface area contributed by atoms with E-state index < -0.39 is 67.5 Å². The summed E-state index contributed by atoms with van der Waals surface area (Å²) in [5, 5.41) is 68.8. The van der Waals surface area contributed by atoms with Gasteiger partial charge in [0.1, 0.15) is 48.1 Å². The van der Waals surface area contributed by atoms with Crippen molar-refractivity contribution in [1.82, 2.24) is 10.2 Å². The molecule has 15 heteroatoms. The molecular weight excluding hydrogens is 680 g/mol. The monoisotopic (exact) mass is 730 g/mol. The quantitative estimate of drug-likeness (QED) is 0.102. The summed E-state index contributed by atoms with van der Waals surface area (Å²) >= 11 is 0. The van der Waals surface area contributed by atoms with Crippen molar-refractivity contribution < 1.29 is 63.9 Å². The molecule has 0 bridgehead atoms. The minimum atomic E-state index is -1.48. The lowest BCUT2D eigenvalue weighted by molar-refractivity contribution is -0.274. The van der Waals surface area contributed by atoms with E-state index in [1.54, 1.807) is 36.9 Å². The Morgan fingerprint density at radius 1 is 0.808 bits per heavy atom. The zero-order valence-corrected chi connectivity index (χ0v) is 29.3. The number of carbonyl (C=O) groups excluding carboxylic acids is 1. The summed E-state index contributed by atoms with van der Waals surface area (Å²) in [5.74, 6) is 0.991. The van der Waals surface area contributed by atoms with E-state index in [-0.39, 0.29) is 39.5 Å². The average molecular weight is 731 g/mol. The third kappa shape index (κ3) is 11.3. The lowest BCUT2D eigenvalue weighted by Crippen LogP contribution is -2.57. The number of fused-ring (bicyclic) bond motifs is 1. The molecule has 3 aromatic rings. The number of hydrogen-bond acceptors (Lipinski definition) is 14. The van der Waals surface area contributed by atoms with Gasteiger partial charge in [0.05, 0.1) is 32.0 Å². The minimum absolute atomic E-state index is 0.0660. The van der Waals surface area contributed by atoms with Crippen molar-refractivity contribution in [3.05, 3.63) is 72.3 Å². The van der Waals surface area contributed by atoms with Gasteiger partial charge in [0.15, 0.2) is 12.6 Å². The lowest BCUT2D eigenvalue weighted by Gasteiger charge is -2.39. The van der Waals surface area contributed by atoms with Gasteiger partial charge in [-0.1, -0.05) is 42.5 Å². The fourth-order valence-electron chi connectivity index (χ4n) is 6.16. The summed E-state index contributed by atoms with van der Waals surface area (Å²) in [6.45, 7) is 3.68. The van der Waals surface area contributed by atoms with Gasteiger partial charge in [-0.25, -0.2) is 4.79 Å². The highest BCUT2D eigenvalue weighted by Crippen LogP contribution is 2.26. The molecule has 0 spiro atoms.